The van der Waals surface area contributed by atoms with Crippen LogP contribution in [0.2, 0.25) is 0 Å². The number of hydrogen-bond donors (Lipinski definition) is 0. The highest BCUT2D eigenvalue weighted by Gasteiger charge is 2.37. The summed E-state index contributed by atoms with van der Waals surface area (Å²) < 4.78 is 13.0. The largest absolute Gasteiger partial charge is 0.306 e. The normalized spacial score (nSPS) is 11.9. The van der Waals surface area contributed by atoms with Gasteiger partial charge in [0.2, 0.25) is 0 Å². The maximum atomic E-state index is 10.8. The Morgan fingerprint density at radius 2 is 0.418 bits per heavy atom. The van der Waals surface area contributed by atoms with E-state index in [9.17, 15) is 5.26 Å². The van der Waals surface area contributed by atoms with E-state index in [1.165, 1.54) is 0 Å². The van der Waals surface area contributed by atoms with Gasteiger partial charge in [0.15, 0.2) is 0 Å². The van der Waals surface area contributed by atoms with E-state index in [-0.39, 0.29) is 0 Å². The third kappa shape index (κ3) is 7.35. The molecule has 0 bridgehead atoms. The van der Waals surface area contributed by atoms with Crippen molar-refractivity contribution in [1.82, 2.24) is 22.8 Å². The Bertz CT molecular complexity index is 5800. The summed E-state index contributed by atoms with van der Waals surface area (Å²) in [5.41, 5.74) is 22.6. The SMILES string of the molecule is N#Cc1ccc(-c2c(-n3c4ccccc4c4ccccc43)c(-n3c4ccccc4c4cc(-c5ccccc5)ccc43)c(-n3c4ccccc4c4ccccc43)c(-n3c4ccccc4c4cc(-c5ccccc5)ccc43)c2-n2c3ccccc3c3ccccc32)cc1. The molecule has 6 nitrogen and oxygen atoms in total. The zero-order valence-corrected chi connectivity index (χ0v) is 49.2. The van der Waals surface area contributed by atoms with Crippen LogP contribution in [0.25, 0.3) is 171 Å². The highest BCUT2D eigenvalue weighted by atomic mass is 15.2. The predicted octanol–water partition coefficient (Wildman–Crippen LogP) is 22.0. The lowest BCUT2D eigenvalue weighted by Crippen LogP contribution is -2.18. The van der Waals surface area contributed by atoms with Crippen molar-refractivity contribution in [3.8, 4) is 67.9 Å². The van der Waals surface area contributed by atoms with Gasteiger partial charge in [0, 0.05) is 59.4 Å². The molecule has 0 amide bonds. The van der Waals surface area contributed by atoms with Crippen molar-refractivity contribution in [2.75, 3.05) is 0 Å². The zero-order valence-electron chi connectivity index (χ0n) is 49.2. The van der Waals surface area contributed by atoms with E-state index in [4.69, 9.17) is 0 Å². The fourth-order valence-corrected chi connectivity index (χ4v) is 15.3. The Kier molecular flexibility index (Phi) is 11.0. The summed E-state index contributed by atoms with van der Waals surface area (Å²) in [6, 6.07) is 118. The molecule has 0 N–H and O–H groups in total. The van der Waals surface area contributed by atoms with E-state index in [0.717, 1.165) is 171 Å². The monoisotopic (exact) mass is 1160 g/mol. The number of nitrogens with zero attached hydrogens (tertiary/aromatic N) is 6. The minimum atomic E-state index is 0.580. The maximum absolute atomic E-state index is 10.8. The summed E-state index contributed by atoms with van der Waals surface area (Å²) in [4.78, 5) is 0. The van der Waals surface area contributed by atoms with Crippen LogP contribution in [-0.2, 0) is 0 Å². The second-order valence-electron chi connectivity index (χ2n) is 23.8. The first-order valence-electron chi connectivity index (χ1n) is 31.1. The summed E-state index contributed by atoms with van der Waals surface area (Å²) in [6.07, 6.45) is 0. The number of rotatable bonds is 8. The molecule has 19 aromatic rings. The highest BCUT2D eigenvalue weighted by Crippen LogP contribution is 2.55. The molecule has 0 atom stereocenters. The Morgan fingerprint density at radius 1 is 0.187 bits per heavy atom. The smallest absolute Gasteiger partial charge is 0.0991 e. The molecule has 0 spiro atoms. The molecule has 19 rings (SSSR count). The molecule has 5 heterocycles. The summed E-state index contributed by atoms with van der Waals surface area (Å²) in [6.45, 7) is 0. The second-order valence-corrected chi connectivity index (χ2v) is 23.8. The number of hydrogen-bond acceptors (Lipinski definition) is 1. The standard InChI is InChI=1S/C85H52N6/c86-53-54-43-45-57(46-44-54)80-81(87-70-35-15-7-27-60(70)61-28-8-16-36-71(61)87)83(90-76-41-21-13-33-66(76)68-51-58(47-49-78(68)90)55-23-3-1-4-24-55)85(89-74-39-19-11-31-64(74)65-32-12-20-40-75(65)89)84(82(80)88-72-37-17-9-29-62(72)63-30-10-18-38-73(63)88)91-77-42-22-14-34-67(77)69-52-59(48-50-79(69)91)56-25-5-2-6-26-56/h1-52H. The fraction of sp³-hybridized carbons (Fsp3) is 0. The van der Waals surface area contributed by atoms with Crippen LogP contribution in [0.1, 0.15) is 5.56 Å². The zero-order chi connectivity index (χ0) is 59.8. The molecular formula is C85H52N6. The third-order valence-corrected chi connectivity index (χ3v) is 19.1. The van der Waals surface area contributed by atoms with Gasteiger partial charge in [-0.2, -0.15) is 5.26 Å². The summed E-state index contributed by atoms with van der Waals surface area (Å²) >= 11 is 0. The van der Waals surface area contributed by atoms with Gasteiger partial charge in [0.05, 0.1) is 95.2 Å². The average molecular weight is 1160 g/mol. The van der Waals surface area contributed by atoms with Crippen LogP contribution in [0.15, 0.2) is 315 Å². The van der Waals surface area contributed by atoms with Gasteiger partial charge in [-0.25, -0.2) is 0 Å². The van der Waals surface area contributed by atoms with Crippen LogP contribution in [0.5, 0.6) is 0 Å². The molecule has 91 heavy (non-hydrogen) atoms. The van der Waals surface area contributed by atoms with Gasteiger partial charge in [-0.1, -0.05) is 231 Å². The van der Waals surface area contributed by atoms with Crippen molar-refractivity contribution in [3.05, 3.63) is 321 Å². The van der Waals surface area contributed by atoms with Gasteiger partial charge >= 0.3 is 0 Å². The van der Waals surface area contributed by atoms with Gasteiger partial charge in [-0.05, 0) is 113 Å². The van der Waals surface area contributed by atoms with Crippen molar-refractivity contribution in [2.24, 2.45) is 0 Å². The first kappa shape index (κ1) is 50.7. The lowest BCUT2D eigenvalue weighted by atomic mass is 9.94. The number of benzene rings is 14. The van der Waals surface area contributed by atoms with Gasteiger partial charge in [-0.15, -0.1) is 0 Å². The number of aromatic nitrogens is 5. The van der Waals surface area contributed by atoms with Gasteiger partial charge in [0.25, 0.3) is 0 Å². The van der Waals surface area contributed by atoms with Crippen molar-refractivity contribution >= 4 is 109 Å². The van der Waals surface area contributed by atoms with Crippen molar-refractivity contribution in [1.29, 1.82) is 5.26 Å². The number of fused-ring (bicyclic) bond motifs is 15. The van der Waals surface area contributed by atoms with Crippen LogP contribution in [-0.4, -0.2) is 22.8 Å². The second kappa shape index (κ2) is 19.8. The van der Waals surface area contributed by atoms with Crippen LogP contribution >= 0.6 is 0 Å². The van der Waals surface area contributed by atoms with Gasteiger partial charge in [-0.3, -0.25) is 0 Å². The molecule has 0 unspecified atom stereocenters. The van der Waals surface area contributed by atoms with E-state index in [2.05, 4.69) is 332 Å². The van der Waals surface area contributed by atoms with Crippen LogP contribution < -0.4 is 0 Å². The van der Waals surface area contributed by atoms with E-state index in [1.54, 1.807) is 0 Å². The summed E-state index contributed by atoms with van der Waals surface area (Å²) in [7, 11) is 0. The van der Waals surface area contributed by atoms with Crippen LogP contribution in [0.4, 0.5) is 0 Å². The first-order valence-corrected chi connectivity index (χ1v) is 31.1. The number of nitriles is 1. The lowest BCUT2D eigenvalue weighted by Gasteiger charge is -2.32. The minimum Gasteiger partial charge on any atom is -0.306 e. The molecule has 0 radical (unpaired) electrons. The van der Waals surface area contributed by atoms with Crippen molar-refractivity contribution in [3.63, 3.8) is 0 Å². The van der Waals surface area contributed by atoms with Crippen molar-refractivity contribution < 1.29 is 0 Å². The van der Waals surface area contributed by atoms with Crippen LogP contribution in [0.3, 0.4) is 0 Å². The topological polar surface area (TPSA) is 48.4 Å². The minimum absolute atomic E-state index is 0.580. The molecule has 0 aliphatic heterocycles. The summed E-state index contributed by atoms with van der Waals surface area (Å²) in [5.74, 6) is 0. The first-order chi connectivity index (χ1) is 45.2. The lowest BCUT2D eigenvalue weighted by molar-refractivity contribution is 1.00. The molecule has 6 heteroatoms. The Balaban J connectivity index is 1.18. The molecule has 0 saturated heterocycles. The molecule has 0 saturated carbocycles. The molecule has 0 aliphatic carbocycles. The molecule has 5 aromatic heterocycles. The van der Waals surface area contributed by atoms with E-state index >= 15 is 0 Å². The Labute approximate surface area is 523 Å². The Hall–Kier alpha value is -12.4. The third-order valence-electron chi connectivity index (χ3n) is 19.1. The van der Waals surface area contributed by atoms with Crippen LogP contribution in [0, 0.1) is 11.3 Å². The maximum Gasteiger partial charge on any atom is 0.0991 e. The number of para-hydroxylation sites is 8. The molecular weight excluding hydrogens is 1100 g/mol. The molecule has 0 aliphatic rings. The van der Waals surface area contributed by atoms with Crippen molar-refractivity contribution in [2.45, 2.75) is 0 Å². The molecule has 14 aromatic carbocycles. The highest BCUT2D eigenvalue weighted by molar-refractivity contribution is 6.20. The molecule has 422 valence electrons. The van der Waals surface area contributed by atoms with Gasteiger partial charge < -0.3 is 22.8 Å². The summed E-state index contributed by atoms with van der Waals surface area (Å²) in [5, 5.41) is 22.1. The average Bonchev–Trinajstić information content (AvgIpc) is 1.60. The molecule has 0 fully saturated rings. The van der Waals surface area contributed by atoms with E-state index < -0.39 is 0 Å². The fourth-order valence-electron chi connectivity index (χ4n) is 15.3. The van der Waals surface area contributed by atoms with E-state index in [1.807, 2.05) is 12.1 Å². The quantitative estimate of drug-likeness (QED) is 0.150. The Morgan fingerprint density at radius 3 is 0.714 bits per heavy atom. The van der Waals surface area contributed by atoms with E-state index in [0.29, 0.717) is 5.56 Å². The predicted molar refractivity (Wildman–Crippen MR) is 379 cm³/mol. The van der Waals surface area contributed by atoms with Gasteiger partial charge in [0.1, 0.15) is 0 Å².